The number of hydrogen-bond donors (Lipinski definition) is 2. The van der Waals surface area contributed by atoms with E-state index in [1.54, 1.807) is 0 Å². The molecule has 0 unspecified atom stereocenters. The van der Waals surface area contributed by atoms with E-state index in [9.17, 15) is 10.2 Å². The van der Waals surface area contributed by atoms with Gasteiger partial charge in [0, 0.05) is 20.9 Å². The molecule has 0 aromatic heterocycles. The molecule has 2 aliphatic rings. The van der Waals surface area contributed by atoms with Gasteiger partial charge in [-0.1, -0.05) is 130 Å². The quantitative estimate of drug-likeness (QED) is 0.210. The summed E-state index contributed by atoms with van der Waals surface area (Å²) in [6.45, 7) is 13.8. The van der Waals surface area contributed by atoms with E-state index < -0.39 is 0 Å². The van der Waals surface area contributed by atoms with Gasteiger partial charge in [0.25, 0.3) is 0 Å². The van der Waals surface area contributed by atoms with Crippen molar-refractivity contribution in [2.24, 2.45) is 0 Å². The summed E-state index contributed by atoms with van der Waals surface area (Å²) in [5, 5.41) is 23.6. The first-order valence-corrected chi connectivity index (χ1v) is 18.8. The van der Waals surface area contributed by atoms with Crippen LogP contribution in [-0.2, 0) is 10.8 Å². The van der Waals surface area contributed by atoms with Gasteiger partial charge in [0.15, 0.2) is 0 Å². The summed E-state index contributed by atoms with van der Waals surface area (Å²) in [6.07, 6.45) is 21.9. The van der Waals surface area contributed by atoms with E-state index in [1.165, 1.54) is 124 Å². The van der Waals surface area contributed by atoms with Gasteiger partial charge in [0.05, 0.1) is 0 Å². The smallest absolute Gasteiger partial charge is 0.122 e. The van der Waals surface area contributed by atoms with Crippen LogP contribution in [0.3, 0.4) is 0 Å². The van der Waals surface area contributed by atoms with Crippen LogP contribution >= 0.6 is 11.8 Å². The van der Waals surface area contributed by atoms with Crippen molar-refractivity contribution in [1.82, 2.24) is 0 Å². The van der Waals surface area contributed by atoms with Crippen molar-refractivity contribution in [1.29, 1.82) is 0 Å². The Balaban J connectivity index is 1.78. The predicted octanol–water partition coefficient (Wildman–Crippen LogP) is 13.1. The van der Waals surface area contributed by atoms with Gasteiger partial charge in [-0.3, -0.25) is 0 Å². The summed E-state index contributed by atoms with van der Waals surface area (Å²) in [6, 6.07) is 9.25. The predicted molar refractivity (Wildman–Crippen MR) is 186 cm³/mol. The van der Waals surface area contributed by atoms with Crippen molar-refractivity contribution in [2.75, 3.05) is 0 Å². The molecule has 240 valence electrons. The van der Waals surface area contributed by atoms with Crippen LogP contribution in [0.5, 0.6) is 11.5 Å². The molecule has 2 N–H and O–H groups in total. The van der Waals surface area contributed by atoms with Crippen LogP contribution in [0.1, 0.15) is 191 Å². The Bertz CT molecular complexity index is 1080. The van der Waals surface area contributed by atoms with Crippen molar-refractivity contribution in [3.63, 3.8) is 0 Å². The Kier molecular flexibility index (Phi) is 12.4. The van der Waals surface area contributed by atoms with E-state index in [1.807, 2.05) is 11.8 Å². The molecular weight excluding hydrogens is 545 g/mol. The molecule has 0 bridgehead atoms. The van der Waals surface area contributed by atoms with E-state index >= 15 is 0 Å². The highest BCUT2D eigenvalue weighted by atomic mass is 32.2. The monoisotopic (exact) mass is 606 g/mol. The lowest BCUT2D eigenvalue weighted by molar-refractivity contribution is 0.385. The fraction of sp³-hybridized carbons (Fsp3) is 0.700. The summed E-state index contributed by atoms with van der Waals surface area (Å²) < 4.78 is 0. The summed E-state index contributed by atoms with van der Waals surface area (Å²) in [5.74, 6) is 2.02. The second kappa shape index (κ2) is 15.6. The van der Waals surface area contributed by atoms with Crippen LogP contribution in [0.15, 0.2) is 34.1 Å². The van der Waals surface area contributed by atoms with Crippen LogP contribution in [0.2, 0.25) is 0 Å². The number of rotatable bonds is 14. The molecule has 3 heteroatoms. The zero-order valence-electron chi connectivity index (χ0n) is 28.5. The van der Waals surface area contributed by atoms with Gasteiger partial charge in [-0.25, -0.2) is 0 Å². The highest BCUT2D eigenvalue weighted by Crippen LogP contribution is 2.49. The Morgan fingerprint density at radius 3 is 1.30 bits per heavy atom. The van der Waals surface area contributed by atoms with Crippen LogP contribution in [-0.4, -0.2) is 10.2 Å². The van der Waals surface area contributed by atoms with E-state index in [4.69, 9.17) is 0 Å². The van der Waals surface area contributed by atoms with E-state index in [0.717, 1.165) is 24.0 Å². The highest BCUT2D eigenvalue weighted by molar-refractivity contribution is 7.99. The van der Waals surface area contributed by atoms with Crippen LogP contribution in [0.4, 0.5) is 0 Å². The van der Waals surface area contributed by atoms with Crippen LogP contribution < -0.4 is 0 Å². The number of hydrogen-bond acceptors (Lipinski definition) is 3. The zero-order valence-corrected chi connectivity index (χ0v) is 29.3. The molecular formula is C40H62O2S. The lowest BCUT2D eigenvalue weighted by Crippen LogP contribution is -2.19. The minimum absolute atomic E-state index is 0.0755. The Morgan fingerprint density at radius 1 is 0.581 bits per heavy atom. The van der Waals surface area contributed by atoms with Gasteiger partial charge in [-0.05, 0) is 96.6 Å². The number of phenols is 2. The molecule has 0 heterocycles. The van der Waals surface area contributed by atoms with Crippen molar-refractivity contribution >= 4 is 11.8 Å². The summed E-state index contributed by atoms with van der Waals surface area (Å²) >= 11 is 1.86. The second-order valence-corrected chi connectivity index (χ2v) is 16.4. The molecule has 43 heavy (non-hydrogen) atoms. The first-order chi connectivity index (χ1) is 20.6. The summed E-state index contributed by atoms with van der Waals surface area (Å²) in [7, 11) is 0. The Hall–Kier alpha value is -1.61. The van der Waals surface area contributed by atoms with Gasteiger partial charge in [-0.2, -0.15) is 0 Å². The average molecular weight is 607 g/mol. The van der Waals surface area contributed by atoms with Crippen molar-refractivity contribution < 1.29 is 10.2 Å². The topological polar surface area (TPSA) is 40.5 Å². The van der Waals surface area contributed by atoms with Crippen molar-refractivity contribution in [2.45, 2.75) is 190 Å². The molecule has 2 fully saturated rings. The molecule has 2 aliphatic carbocycles. The van der Waals surface area contributed by atoms with Crippen LogP contribution in [0.25, 0.3) is 0 Å². The van der Waals surface area contributed by atoms with Gasteiger partial charge in [0.1, 0.15) is 11.5 Å². The summed E-state index contributed by atoms with van der Waals surface area (Å²) in [4.78, 5) is 2.49. The van der Waals surface area contributed by atoms with Gasteiger partial charge in [-0.15, -0.1) is 0 Å². The molecule has 2 nitrogen and oxygen atoms in total. The number of phenolic OH excluding ortho intramolecular Hbond substituents is 2. The van der Waals surface area contributed by atoms with Crippen LogP contribution in [0, 0.1) is 0 Å². The third kappa shape index (κ3) is 8.77. The maximum atomic E-state index is 11.8. The molecule has 2 saturated carbocycles. The van der Waals surface area contributed by atoms with Gasteiger partial charge in [0.2, 0.25) is 0 Å². The van der Waals surface area contributed by atoms with Crippen molar-refractivity contribution in [3.8, 4) is 11.5 Å². The van der Waals surface area contributed by atoms with E-state index in [-0.39, 0.29) is 10.8 Å². The molecule has 0 atom stereocenters. The maximum Gasteiger partial charge on any atom is 0.122 e. The van der Waals surface area contributed by atoms with Crippen molar-refractivity contribution in [3.05, 3.63) is 46.5 Å². The fourth-order valence-electron chi connectivity index (χ4n) is 7.90. The summed E-state index contributed by atoms with van der Waals surface area (Å²) in [5.41, 5.74) is 4.45. The molecule has 0 spiro atoms. The minimum Gasteiger partial charge on any atom is -0.507 e. The SMILES string of the molecule is CCCCCC(C)(C)c1cc(Sc2cc(C3CCCCC3)c(O)c(C(C)(C)CCCCC)c2)cc(C2CCCCC2)c1O. The number of benzene rings is 2. The average Bonchev–Trinajstić information content (AvgIpc) is 2.99. The largest absolute Gasteiger partial charge is 0.507 e. The first kappa shape index (κ1) is 34.3. The normalized spacial score (nSPS) is 17.4. The van der Waals surface area contributed by atoms with Gasteiger partial charge >= 0.3 is 0 Å². The lowest BCUT2D eigenvalue weighted by atomic mass is 9.76. The molecule has 0 saturated heterocycles. The molecule has 4 rings (SSSR count). The molecule has 0 amide bonds. The fourth-order valence-corrected chi connectivity index (χ4v) is 8.89. The molecule has 0 aliphatic heterocycles. The van der Waals surface area contributed by atoms with Gasteiger partial charge < -0.3 is 10.2 Å². The Morgan fingerprint density at radius 2 is 0.953 bits per heavy atom. The Labute approximate surface area is 268 Å². The standard InChI is InChI=1S/C40H62O2S/c1-7-9-17-23-39(3,4)35-27-31(25-33(37(35)41)29-19-13-11-14-20-29)43-32-26-34(30-21-15-12-16-22-30)38(42)36(28-32)40(5,6)24-18-10-8-2/h25-30,41-42H,7-24H2,1-6H3. The van der Waals surface area contributed by atoms with E-state index in [2.05, 4.69) is 65.8 Å². The third-order valence-electron chi connectivity index (χ3n) is 10.8. The molecule has 0 radical (unpaired) electrons. The lowest BCUT2D eigenvalue weighted by Gasteiger charge is -2.31. The maximum absolute atomic E-state index is 11.8. The minimum atomic E-state index is -0.0755. The first-order valence-electron chi connectivity index (χ1n) is 18.0. The zero-order chi connectivity index (χ0) is 31.0. The number of unbranched alkanes of at least 4 members (excludes halogenated alkanes) is 4. The third-order valence-corrected chi connectivity index (χ3v) is 11.8. The highest BCUT2D eigenvalue weighted by Gasteiger charge is 2.31. The second-order valence-electron chi connectivity index (χ2n) is 15.3. The molecule has 2 aromatic carbocycles. The van der Waals surface area contributed by atoms with E-state index in [0.29, 0.717) is 23.3 Å². The number of aromatic hydroxyl groups is 2. The molecule has 2 aromatic rings.